The second-order valence-electron chi connectivity index (χ2n) is 2.76. The molecule has 1 aliphatic heterocycles. The van der Waals surface area contributed by atoms with Gasteiger partial charge in [-0.2, -0.15) is 0 Å². The molecular formula is C9H8INO. The molecule has 1 aromatic rings. The molecule has 1 atom stereocenters. The molecule has 1 unspecified atom stereocenters. The van der Waals surface area contributed by atoms with E-state index in [9.17, 15) is 4.79 Å². The van der Waals surface area contributed by atoms with Crippen LogP contribution in [-0.4, -0.2) is 12.5 Å². The van der Waals surface area contributed by atoms with E-state index in [0.29, 0.717) is 3.92 Å². The highest BCUT2D eigenvalue weighted by atomic mass is 127. The first kappa shape index (κ1) is 8.04. The average molecular weight is 273 g/mol. The van der Waals surface area contributed by atoms with Crippen molar-refractivity contribution in [3.8, 4) is 0 Å². The molecular weight excluding hydrogens is 265 g/mol. The number of benzene rings is 1. The third kappa shape index (κ3) is 1.22. The summed E-state index contributed by atoms with van der Waals surface area (Å²) in [6.45, 7) is 0.746. The summed E-state index contributed by atoms with van der Waals surface area (Å²) in [6, 6.07) is 7.76. The van der Waals surface area contributed by atoms with Gasteiger partial charge in [-0.05, 0) is 11.6 Å². The Morgan fingerprint density at radius 2 is 2.17 bits per heavy atom. The van der Waals surface area contributed by atoms with Crippen LogP contribution in [-0.2, 0) is 0 Å². The molecule has 0 aliphatic carbocycles. The zero-order valence-electron chi connectivity index (χ0n) is 6.38. The van der Waals surface area contributed by atoms with Crippen LogP contribution in [0.25, 0.3) is 0 Å². The quantitative estimate of drug-likeness (QED) is 0.567. The van der Waals surface area contributed by atoms with Gasteiger partial charge in [-0.15, -0.1) is 0 Å². The second kappa shape index (κ2) is 3.05. The maximum atomic E-state index is 11.3. The van der Waals surface area contributed by atoms with Gasteiger partial charge in [-0.3, -0.25) is 4.79 Å². The Morgan fingerprint density at radius 3 is 2.92 bits per heavy atom. The molecule has 1 amide bonds. The fourth-order valence-corrected chi connectivity index (χ4v) is 2.13. The first-order valence-electron chi connectivity index (χ1n) is 3.80. The predicted molar refractivity (Wildman–Crippen MR) is 55.5 cm³/mol. The molecule has 2 nitrogen and oxygen atoms in total. The van der Waals surface area contributed by atoms with Gasteiger partial charge in [0.15, 0.2) is 0 Å². The summed E-state index contributed by atoms with van der Waals surface area (Å²) in [5.74, 6) is 0.0542. The molecule has 0 radical (unpaired) electrons. The van der Waals surface area contributed by atoms with Gasteiger partial charge in [0.05, 0.1) is 3.92 Å². The van der Waals surface area contributed by atoms with Gasteiger partial charge >= 0.3 is 0 Å². The lowest BCUT2D eigenvalue weighted by atomic mass is 10.0. The van der Waals surface area contributed by atoms with E-state index in [4.69, 9.17) is 0 Å². The van der Waals surface area contributed by atoms with Crippen LogP contribution >= 0.6 is 22.6 Å². The van der Waals surface area contributed by atoms with Crippen LogP contribution in [0.15, 0.2) is 24.3 Å². The van der Waals surface area contributed by atoms with Gasteiger partial charge in [-0.1, -0.05) is 40.8 Å². The number of hydrogen-bond acceptors (Lipinski definition) is 1. The molecule has 12 heavy (non-hydrogen) atoms. The van der Waals surface area contributed by atoms with Gasteiger partial charge in [0.1, 0.15) is 0 Å². The standard InChI is InChI=1S/C9H8INO/c10-8-5-11-9(12)7-4-2-1-3-6(7)8/h1-4,8H,5H2,(H,11,12). The molecule has 2 rings (SSSR count). The lowest BCUT2D eigenvalue weighted by Gasteiger charge is -2.20. The van der Waals surface area contributed by atoms with Crippen molar-refractivity contribution in [3.05, 3.63) is 35.4 Å². The highest BCUT2D eigenvalue weighted by Gasteiger charge is 2.21. The van der Waals surface area contributed by atoms with Gasteiger partial charge in [0, 0.05) is 12.1 Å². The van der Waals surface area contributed by atoms with Gasteiger partial charge < -0.3 is 5.32 Å². The normalized spacial score (nSPS) is 21.4. The average Bonchev–Trinajstić information content (AvgIpc) is 2.12. The van der Waals surface area contributed by atoms with Crippen LogP contribution in [0.4, 0.5) is 0 Å². The number of alkyl halides is 1. The highest BCUT2D eigenvalue weighted by molar-refractivity contribution is 14.1. The molecule has 0 saturated carbocycles. The molecule has 0 spiro atoms. The van der Waals surface area contributed by atoms with E-state index < -0.39 is 0 Å². The molecule has 0 aromatic heterocycles. The van der Waals surface area contributed by atoms with Crippen LogP contribution < -0.4 is 5.32 Å². The van der Waals surface area contributed by atoms with Crippen molar-refractivity contribution in [1.82, 2.24) is 5.32 Å². The number of carbonyl (C=O) groups is 1. The molecule has 1 aromatic carbocycles. The Bertz CT molecular complexity index is 324. The largest absolute Gasteiger partial charge is 0.351 e. The van der Waals surface area contributed by atoms with Crippen molar-refractivity contribution < 1.29 is 4.79 Å². The molecule has 62 valence electrons. The van der Waals surface area contributed by atoms with Crippen LogP contribution in [0.5, 0.6) is 0 Å². The summed E-state index contributed by atoms with van der Waals surface area (Å²) in [4.78, 5) is 11.3. The Hall–Kier alpha value is -0.580. The van der Waals surface area contributed by atoms with Crippen molar-refractivity contribution in [2.45, 2.75) is 3.92 Å². The van der Waals surface area contributed by atoms with E-state index in [1.165, 1.54) is 0 Å². The number of halogens is 1. The zero-order valence-corrected chi connectivity index (χ0v) is 8.54. The SMILES string of the molecule is O=C1NCC(I)c2ccccc21. The summed E-state index contributed by atoms with van der Waals surface area (Å²) < 4.78 is 0.413. The number of amides is 1. The van der Waals surface area contributed by atoms with Crippen molar-refractivity contribution in [3.63, 3.8) is 0 Å². The van der Waals surface area contributed by atoms with E-state index in [0.717, 1.165) is 17.7 Å². The third-order valence-electron chi connectivity index (χ3n) is 1.98. The Balaban J connectivity index is 2.55. The number of carbonyl (C=O) groups excluding carboxylic acids is 1. The van der Waals surface area contributed by atoms with E-state index in [1.807, 2.05) is 24.3 Å². The lowest BCUT2D eigenvalue weighted by molar-refractivity contribution is 0.0946. The van der Waals surface area contributed by atoms with Crippen molar-refractivity contribution >= 4 is 28.5 Å². The van der Waals surface area contributed by atoms with Crippen molar-refractivity contribution in [2.75, 3.05) is 6.54 Å². The summed E-state index contributed by atoms with van der Waals surface area (Å²) in [7, 11) is 0. The number of hydrogen-bond donors (Lipinski definition) is 1. The number of rotatable bonds is 0. The first-order valence-corrected chi connectivity index (χ1v) is 5.05. The minimum Gasteiger partial charge on any atom is -0.351 e. The van der Waals surface area contributed by atoms with E-state index in [2.05, 4.69) is 27.9 Å². The summed E-state index contributed by atoms with van der Waals surface area (Å²) in [6.07, 6.45) is 0. The summed E-state index contributed by atoms with van der Waals surface area (Å²) >= 11 is 2.34. The van der Waals surface area contributed by atoms with Gasteiger partial charge in [0.25, 0.3) is 5.91 Å². The molecule has 1 heterocycles. The van der Waals surface area contributed by atoms with Crippen LogP contribution in [0.1, 0.15) is 19.8 Å². The molecule has 1 N–H and O–H groups in total. The van der Waals surface area contributed by atoms with Crippen LogP contribution in [0, 0.1) is 0 Å². The fourth-order valence-electron chi connectivity index (χ4n) is 1.36. The van der Waals surface area contributed by atoms with Crippen LogP contribution in [0.3, 0.4) is 0 Å². The maximum absolute atomic E-state index is 11.3. The molecule has 3 heteroatoms. The van der Waals surface area contributed by atoms with Crippen LogP contribution in [0.2, 0.25) is 0 Å². The molecule has 0 saturated heterocycles. The van der Waals surface area contributed by atoms with Gasteiger partial charge in [-0.25, -0.2) is 0 Å². The monoisotopic (exact) mass is 273 g/mol. The van der Waals surface area contributed by atoms with Crippen molar-refractivity contribution in [1.29, 1.82) is 0 Å². The highest BCUT2D eigenvalue weighted by Crippen LogP contribution is 2.28. The number of nitrogens with one attached hydrogen (secondary N) is 1. The number of fused-ring (bicyclic) bond motifs is 1. The minimum atomic E-state index is 0.0542. The summed E-state index contributed by atoms with van der Waals surface area (Å²) in [5, 5.41) is 2.84. The molecule has 0 bridgehead atoms. The smallest absolute Gasteiger partial charge is 0.251 e. The van der Waals surface area contributed by atoms with E-state index >= 15 is 0 Å². The first-order chi connectivity index (χ1) is 5.79. The summed E-state index contributed by atoms with van der Waals surface area (Å²) in [5.41, 5.74) is 1.98. The second-order valence-corrected chi connectivity index (χ2v) is 4.27. The molecule has 1 aliphatic rings. The fraction of sp³-hybridized carbons (Fsp3) is 0.222. The van der Waals surface area contributed by atoms with E-state index in [1.54, 1.807) is 0 Å². The van der Waals surface area contributed by atoms with Gasteiger partial charge in [0.2, 0.25) is 0 Å². The van der Waals surface area contributed by atoms with E-state index in [-0.39, 0.29) is 5.91 Å². The maximum Gasteiger partial charge on any atom is 0.251 e. The zero-order chi connectivity index (χ0) is 8.55. The molecule has 0 fully saturated rings. The third-order valence-corrected chi connectivity index (χ3v) is 3.10. The van der Waals surface area contributed by atoms with Crippen molar-refractivity contribution in [2.24, 2.45) is 0 Å². The minimum absolute atomic E-state index is 0.0542. The Labute approximate surface area is 84.5 Å². The predicted octanol–water partition coefficient (Wildman–Crippen LogP) is 1.91. The topological polar surface area (TPSA) is 29.1 Å². The lowest BCUT2D eigenvalue weighted by Crippen LogP contribution is -2.32. The Morgan fingerprint density at radius 1 is 1.42 bits per heavy atom. The Kier molecular flexibility index (Phi) is 2.04.